The fourth-order valence-electron chi connectivity index (χ4n) is 2.56. The van der Waals surface area contributed by atoms with Gasteiger partial charge in [0, 0.05) is 17.3 Å². The van der Waals surface area contributed by atoms with Gasteiger partial charge in [0.15, 0.2) is 0 Å². The van der Waals surface area contributed by atoms with E-state index in [9.17, 15) is 9.59 Å². The van der Waals surface area contributed by atoms with Crippen LogP contribution in [0.15, 0.2) is 0 Å². The molecule has 1 aliphatic rings. The number of hydrogen-bond donors (Lipinski definition) is 1. The highest BCUT2D eigenvalue weighted by molar-refractivity contribution is 7.16. The Kier molecular flexibility index (Phi) is 5.10. The van der Waals surface area contributed by atoms with Gasteiger partial charge in [-0.15, -0.1) is 11.3 Å². The summed E-state index contributed by atoms with van der Waals surface area (Å²) in [4.78, 5) is 26.0. The third-order valence-corrected chi connectivity index (χ3v) is 4.97. The van der Waals surface area contributed by atoms with Gasteiger partial charge >= 0.3 is 0 Å². The molecular formula is C15H19N3O2S. The number of nitrogens with one attached hydrogen (secondary N) is 1. The minimum atomic E-state index is -0.126. The maximum absolute atomic E-state index is 12.1. The molecule has 0 aromatic carbocycles. The number of likely N-dealkylation sites (tertiary alicyclic amines) is 1. The summed E-state index contributed by atoms with van der Waals surface area (Å²) < 4.78 is 0. The van der Waals surface area contributed by atoms with E-state index in [4.69, 9.17) is 5.26 Å². The van der Waals surface area contributed by atoms with Crippen LogP contribution in [0.4, 0.5) is 5.00 Å². The second-order valence-electron chi connectivity index (χ2n) is 5.42. The van der Waals surface area contributed by atoms with E-state index in [-0.39, 0.29) is 18.4 Å². The van der Waals surface area contributed by atoms with Gasteiger partial charge in [-0.1, -0.05) is 0 Å². The highest BCUT2D eigenvalue weighted by atomic mass is 32.1. The van der Waals surface area contributed by atoms with Crippen molar-refractivity contribution < 1.29 is 9.59 Å². The molecule has 1 atom stereocenters. The summed E-state index contributed by atoms with van der Waals surface area (Å²) in [5.41, 5.74) is 1.48. The van der Waals surface area contributed by atoms with Crippen molar-refractivity contribution >= 4 is 28.5 Å². The van der Waals surface area contributed by atoms with Crippen LogP contribution in [0.5, 0.6) is 0 Å². The lowest BCUT2D eigenvalue weighted by Crippen LogP contribution is -2.40. The van der Waals surface area contributed by atoms with Crippen molar-refractivity contribution in [3.05, 3.63) is 16.0 Å². The number of anilines is 1. The number of aldehydes is 1. The van der Waals surface area contributed by atoms with Crippen LogP contribution < -0.4 is 5.32 Å². The molecule has 2 heterocycles. The molecule has 1 unspecified atom stereocenters. The Hall–Kier alpha value is -1.71. The molecular weight excluding hydrogens is 286 g/mol. The van der Waals surface area contributed by atoms with Gasteiger partial charge in [-0.25, -0.2) is 0 Å². The highest BCUT2D eigenvalue weighted by Crippen LogP contribution is 2.31. The third-order valence-electron chi connectivity index (χ3n) is 3.85. The lowest BCUT2D eigenvalue weighted by molar-refractivity contribution is -0.119. The molecule has 1 aromatic rings. The van der Waals surface area contributed by atoms with Crippen molar-refractivity contribution in [1.29, 1.82) is 5.26 Å². The third kappa shape index (κ3) is 3.69. The van der Waals surface area contributed by atoms with Gasteiger partial charge in [0.25, 0.3) is 0 Å². The van der Waals surface area contributed by atoms with Gasteiger partial charge in [0.1, 0.15) is 17.4 Å². The van der Waals surface area contributed by atoms with Crippen LogP contribution in [0, 0.1) is 31.1 Å². The fourth-order valence-corrected chi connectivity index (χ4v) is 3.59. The van der Waals surface area contributed by atoms with Crippen LogP contribution in [0.1, 0.15) is 28.8 Å². The van der Waals surface area contributed by atoms with Crippen LogP contribution >= 0.6 is 11.3 Å². The smallest absolute Gasteiger partial charge is 0.239 e. The van der Waals surface area contributed by atoms with Crippen molar-refractivity contribution in [1.82, 2.24) is 4.90 Å². The van der Waals surface area contributed by atoms with Crippen molar-refractivity contribution in [3.63, 3.8) is 0 Å². The lowest BCUT2D eigenvalue weighted by Gasteiger charge is -2.29. The number of nitriles is 1. The highest BCUT2D eigenvalue weighted by Gasteiger charge is 2.22. The number of nitrogens with zero attached hydrogens (tertiary/aromatic N) is 2. The van der Waals surface area contributed by atoms with E-state index in [1.54, 1.807) is 0 Å². The molecule has 1 saturated heterocycles. The molecule has 1 aliphatic heterocycles. The molecule has 6 heteroatoms. The first-order valence-electron chi connectivity index (χ1n) is 7.02. The Morgan fingerprint density at radius 2 is 2.33 bits per heavy atom. The van der Waals surface area contributed by atoms with E-state index in [2.05, 4.69) is 11.4 Å². The van der Waals surface area contributed by atoms with Gasteiger partial charge < -0.3 is 10.1 Å². The average molecular weight is 305 g/mol. The Morgan fingerprint density at radius 3 is 3.00 bits per heavy atom. The van der Waals surface area contributed by atoms with E-state index >= 15 is 0 Å². The molecule has 112 valence electrons. The van der Waals surface area contributed by atoms with E-state index in [0.717, 1.165) is 36.1 Å². The molecule has 0 bridgehead atoms. The van der Waals surface area contributed by atoms with Crippen LogP contribution in [0.2, 0.25) is 0 Å². The second kappa shape index (κ2) is 6.83. The van der Waals surface area contributed by atoms with E-state index < -0.39 is 0 Å². The maximum atomic E-state index is 12.1. The molecule has 0 radical (unpaired) electrons. The predicted molar refractivity (Wildman–Crippen MR) is 82.4 cm³/mol. The number of carbonyl (C=O) groups excluding carboxylic acids is 2. The van der Waals surface area contributed by atoms with Crippen molar-refractivity contribution in [2.45, 2.75) is 26.7 Å². The van der Waals surface area contributed by atoms with Gasteiger partial charge in [-0.3, -0.25) is 9.69 Å². The summed E-state index contributed by atoms with van der Waals surface area (Å²) in [5.74, 6) is -0.0910. The van der Waals surface area contributed by atoms with Gasteiger partial charge in [-0.05, 0) is 38.8 Å². The fraction of sp³-hybridized carbons (Fsp3) is 0.533. The van der Waals surface area contributed by atoms with E-state index in [1.165, 1.54) is 11.3 Å². The first-order valence-corrected chi connectivity index (χ1v) is 7.84. The van der Waals surface area contributed by atoms with Crippen LogP contribution in [0.3, 0.4) is 0 Å². The predicted octanol–water partition coefficient (Wildman–Crippen LogP) is 2.09. The Labute approximate surface area is 128 Å². The summed E-state index contributed by atoms with van der Waals surface area (Å²) in [6, 6.07) is 2.15. The normalized spacial score (nSPS) is 19.0. The standard InChI is InChI=1S/C15H19N3O2S/c1-10-11(2)21-15(13(10)6-16)17-14(20)8-18-5-3-4-12(7-18)9-19/h9,12H,3-5,7-8H2,1-2H3,(H,17,20). The number of rotatable bonds is 4. The molecule has 0 spiro atoms. The molecule has 1 aromatic heterocycles. The zero-order valence-electron chi connectivity index (χ0n) is 12.3. The number of aryl methyl sites for hydroxylation is 1. The summed E-state index contributed by atoms with van der Waals surface area (Å²) >= 11 is 1.43. The van der Waals surface area contributed by atoms with Crippen LogP contribution in [-0.2, 0) is 9.59 Å². The molecule has 1 N–H and O–H groups in total. The minimum absolute atomic E-state index is 0.0347. The monoisotopic (exact) mass is 305 g/mol. The summed E-state index contributed by atoms with van der Waals surface area (Å²) in [6.07, 6.45) is 2.82. The molecule has 1 fully saturated rings. The molecule has 2 rings (SSSR count). The number of hydrogen-bond acceptors (Lipinski definition) is 5. The largest absolute Gasteiger partial charge is 0.315 e. The summed E-state index contributed by atoms with van der Waals surface area (Å²) in [7, 11) is 0. The number of carbonyl (C=O) groups is 2. The zero-order chi connectivity index (χ0) is 15.4. The van der Waals surface area contributed by atoms with Crippen LogP contribution in [-0.4, -0.2) is 36.7 Å². The van der Waals surface area contributed by atoms with Crippen molar-refractivity contribution in [2.75, 3.05) is 25.0 Å². The first kappa shape index (κ1) is 15.7. The lowest BCUT2D eigenvalue weighted by atomic mass is 10.00. The molecule has 0 saturated carbocycles. The van der Waals surface area contributed by atoms with Crippen molar-refractivity contribution in [2.24, 2.45) is 5.92 Å². The summed E-state index contributed by atoms with van der Waals surface area (Å²) in [5, 5.41) is 12.6. The van der Waals surface area contributed by atoms with Gasteiger partial charge in [0.2, 0.25) is 5.91 Å². The second-order valence-corrected chi connectivity index (χ2v) is 6.65. The topological polar surface area (TPSA) is 73.2 Å². The molecule has 21 heavy (non-hydrogen) atoms. The Bertz CT molecular complexity index is 588. The Balaban J connectivity index is 1.98. The maximum Gasteiger partial charge on any atom is 0.239 e. The summed E-state index contributed by atoms with van der Waals surface area (Å²) in [6.45, 7) is 5.58. The minimum Gasteiger partial charge on any atom is -0.315 e. The molecule has 5 nitrogen and oxygen atoms in total. The molecule has 0 aliphatic carbocycles. The van der Waals surface area contributed by atoms with E-state index in [1.807, 2.05) is 18.7 Å². The van der Waals surface area contributed by atoms with Crippen molar-refractivity contribution in [3.8, 4) is 6.07 Å². The zero-order valence-corrected chi connectivity index (χ0v) is 13.1. The number of thiophene rings is 1. The van der Waals surface area contributed by atoms with Gasteiger partial charge in [0.05, 0.1) is 12.1 Å². The van der Waals surface area contributed by atoms with Gasteiger partial charge in [-0.2, -0.15) is 5.26 Å². The molecule has 1 amide bonds. The van der Waals surface area contributed by atoms with E-state index in [0.29, 0.717) is 17.1 Å². The average Bonchev–Trinajstić information content (AvgIpc) is 2.73. The quantitative estimate of drug-likeness (QED) is 0.864. The van der Waals surface area contributed by atoms with Crippen LogP contribution in [0.25, 0.3) is 0 Å². The number of amides is 1. The SMILES string of the molecule is Cc1sc(NC(=O)CN2CCCC(C=O)C2)c(C#N)c1C. The number of piperidine rings is 1. The Morgan fingerprint density at radius 1 is 1.57 bits per heavy atom. The first-order chi connectivity index (χ1) is 10.0.